The van der Waals surface area contributed by atoms with Gasteiger partial charge in [-0.2, -0.15) is 0 Å². The third-order valence-electron chi connectivity index (χ3n) is 4.23. The molecule has 4 heteroatoms. The van der Waals surface area contributed by atoms with E-state index in [1.165, 1.54) is 18.3 Å². The Kier molecular flexibility index (Phi) is 6.87. The minimum Gasteiger partial charge on any atom is -0.493 e. The summed E-state index contributed by atoms with van der Waals surface area (Å²) in [6.07, 6.45) is 9.66. The van der Waals surface area contributed by atoms with Gasteiger partial charge >= 0.3 is 5.97 Å². The molecule has 0 aliphatic heterocycles. The first-order valence-electron chi connectivity index (χ1n) is 8.46. The molecule has 0 aromatic heterocycles. The summed E-state index contributed by atoms with van der Waals surface area (Å²) in [7, 11) is 4.67. The summed E-state index contributed by atoms with van der Waals surface area (Å²) >= 11 is 0. The Morgan fingerprint density at radius 3 is 2.56 bits per heavy atom. The summed E-state index contributed by atoms with van der Waals surface area (Å²) in [6.45, 7) is 2.15. The van der Waals surface area contributed by atoms with Crippen LogP contribution in [0.25, 0.3) is 5.57 Å². The zero-order chi connectivity index (χ0) is 18.2. The molecule has 0 heterocycles. The predicted octanol–water partition coefficient (Wildman–Crippen LogP) is 4.71. The number of rotatable bonds is 7. The largest absolute Gasteiger partial charge is 0.493 e. The lowest BCUT2D eigenvalue weighted by Gasteiger charge is -2.17. The van der Waals surface area contributed by atoms with Crippen molar-refractivity contribution in [3.8, 4) is 11.5 Å². The molecule has 0 bridgehead atoms. The summed E-state index contributed by atoms with van der Waals surface area (Å²) in [5.74, 6) is 1.19. The van der Waals surface area contributed by atoms with Crippen LogP contribution in [0.3, 0.4) is 0 Å². The third kappa shape index (κ3) is 4.99. The van der Waals surface area contributed by atoms with Gasteiger partial charge in [0.25, 0.3) is 0 Å². The van der Waals surface area contributed by atoms with Crippen molar-refractivity contribution in [2.45, 2.75) is 32.6 Å². The number of allylic oxidation sites excluding steroid dienone is 6. The monoisotopic (exact) mass is 342 g/mol. The first-order chi connectivity index (χ1) is 12.1. The summed E-state index contributed by atoms with van der Waals surface area (Å²) in [5, 5.41) is 0. The van der Waals surface area contributed by atoms with Crippen LogP contribution < -0.4 is 9.47 Å². The lowest BCUT2D eigenvalue weighted by atomic mass is 9.90. The smallest absolute Gasteiger partial charge is 0.305 e. The van der Waals surface area contributed by atoms with Crippen molar-refractivity contribution in [3.05, 3.63) is 53.1 Å². The SMILES string of the molecule is COC(=O)CC/C=C(/C1=CCCC(C)=C1)c1ccc(OC)c(OC)c1. The Morgan fingerprint density at radius 1 is 1.16 bits per heavy atom. The van der Waals surface area contributed by atoms with Crippen LogP contribution in [0.5, 0.6) is 11.5 Å². The molecule has 0 saturated heterocycles. The van der Waals surface area contributed by atoms with Crippen molar-refractivity contribution in [2.24, 2.45) is 0 Å². The van der Waals surface area contributed by atoms with E-state index in [9.17, 15) is 4.79 Å². The van der Waals surface area contributed by atoms with Gasteiger partial charge in [-0.05, 0) is 55.0 Å². The van der Waals surface area contributed by atoms with Gasteiger partial charge in [-0.25, -0.2) is 0 Å². The Labute approximate surface area is 149 Å². The van der Waals surface area contributed by atoms with Crippen molar-refractivity contribution < 1.29 is 19.0 Å². The number of hydrogen-bond acceptors (Lipinski definition) is 4. The summed E-state index contributed by atoms with van der Waals surface area (Å²) in [4.78, 5) is 11.4. The maximum Gasteiger partial charge on any atom is 0.305 e. The molecule has 25 heavy (non-hydrogen) atoms. The molecule has 0 spiro atoms. The van der Waals surface area contributed by atoms with Crippen LogP contribution in [0, 0.1) is 0 Å². The second kappa shape index (κ2) is 9.11. The van der Waals surface area contributed by atoms with E-state index in [0.29, 0.717) is 24.3 Å². The number of hydrogen-bond donors (Lipinski definition) is 0. The highest BCUT2D eigenvalue weighted by Gasteiger charge is 2.13. The van der Waals surface area contributed by atoms with Crippen molar-refractivity contribution in [2.75, 3.05) is 21.3 Å². The number of carbonyl (C=O) groups excluding carboxylic acids is 1. The van der Waals surface area contributed by atoms with Crippen LogP contribution in [-0.2, 0) is 9.53 Å². The van der Waals surface area contributed by atoms with Gasteiger partial charge in [0.15, 0.2) is 11.5 Å². The van der Waals surface area contributed by atoms with Crippen LogP contribution in [-0.4, -0.2) is 27.3 Å². The first-order valence-corrected chi connectivity index (χ1v) is 8.46. The number of carbonyl (C=O) groups is 1. The quantitative estimate of drug-likeness (QED) is 0.673. The van der Waals surface area contributed by atoms with Gasteiger partial charge in [0.1, 0.15) is 0 Å². The lowest BCUT2D eigenvalue weighted by Crippen LogP contribution is -2.00. The van der Waals surface area contributed by atoms with Gasteiger partial charge in [-0.3, -0.25) is 4.79 Å². The van der Waals surface area contributed by atoms with E-state index in [1.54, 1.807) is 14.2 Å². The van der Waals surface area contributed by atoms with E-state index in [2.05, 4.69) is 25.2 Å². The van der Waals surface area contributed by atoms with Crippen LogP contribution in [0.4, 0.5) is 0 Å². The van der Waals surface area contributed by atoms with E-state index in [-0.39, 0.29) is 5.97 Å². The van der Waals surface area contributed by atoms with E-state index in [4.69, 9.17) is 14.2 Å². The van der Waals surface area contributed by atoms with E-state index >= 15 is 0 Å². The van der Waals surface area contributed by atoms with Gasteiger partial charge in [0, 0.05) is 6.42 Å². The number of methoxy groups -OCH3 is 3. The van der Waals surface area contributed by atoms with Crippen molar-refractivity contribution in [3.63, 3.8) is 0 Å². The van der Waals surface area contributed by atoms with Crippen LogP contribution in [0.2, 0.25) is 0 Å². The van der Waals surface area contributed by atoms with Gasteiger partial charge < -0.3 is 14.2 Å². The minimum absolute atomic E-state index is 0.202. The Balaban J connectivity index is 2.39. The molecule has 0 unspecified atom stereocenters. The molecule has 2 rings (SSSR count). The number of ether oxygens (including phenoxy) is 3. The van der Waals surface area contributed by atoms with E-state index < -0.39 is 0 Å². The Hall–Kier alpha value is -2.49. The molecule has 1 aliphatic carbocycles. The second-order valence-corrected chi connectivity index (χ2v) is 5.99. The fourth-order valence-electron chi connectivity index (χ4n) is 2.88. The molecule has 0 amide bonds. The standard InChI is InChI=1S/C21H26O4/c1-15-7-5-8-16(13-15)18(9-6-10-21(22)25-4)17-11-12-19(23-2)20(14-17)24-3/h8-9,11-14H,5-7,10H2,1-4H3/b18-9-. The molecule has 0 atom stereocenters. The molecule has 1 aliphatic rings. The minimum atomic E-state index is -0.202. The van der Waals surface area contributed by atoms with Crippen molar-refractivity contribution in [1.29, 1.82) is 0 Å². The summed E-state index contributed by atoms with van der Waals surface area (Å²) in [5.41, 5.74) is 4.68. The molecule has 0 radical (unpaired) electrons. The summed E-state index contributed by atoms with van der Waals surface area (Å²) < 4.78 is 15.5. The van der Waals surface area contributed by atoms with Crippen LogP contribution in [0.15, 0.2) is 47.6 Å². The molecule has 0 saturated carbocycles. The fourth-order valence-corrected chi connectivity index (χ4v) is 2.88. The van der Waals surface area contributed by atoms with Gasteiger partial charge in [-0.15, -0.1) is 0 Å². The molecule has 4 nitrogen and oxygen atoms in total. The fraction of sp³-hybridized carbons (Fsp3) is 0.381. The van der Waals surface area contributed by atoms with Gasteiger partial charge in [0.05, 0.1) is 21.3 Å². The second-order valence-electron chi connectivity index (χ2n) is 5.99. The topological polar surface area (TPSA) is 44.8 Å². The normalized spacial score (nSPS) is 14.5. The van der Waals surface area contributed by atoms with Crippen LogP contribution in [0.1, 0.15) is 38.2 Å². The molecular weight excluding hydrogens is 316 g/mol. The first kappa shape index (κ1) is 18.8. The Bertz CT molecular complexity index is 711. The zero-order valence-electron chi connectivity index (χ0n) is 15.4. The molecule has 0 N–H and O–H groups in total. The highest BCUT2D eigenvalue weighted by atomic mass is 16.5. The zero-order valence-corrected chi connectivity index (χ0v) is 15.4. The van der Waals surface area contributed by atoms with E-state index in [0.717, 1.165) is 24.0 Å². The molecule has 134 valence electrons. The molecule has 0 fully saturated rings. The number of esters is 1. The van der Waals surface area contributed by atoms with Gasteiger partial charge in [0.2, 0.25) is 0 Å². The van der Waals surface area contributed by atoms with Crippen molar-refractivity contribution in [1.82, 2.24) is 0 Å². The van der Waals surface area contributed by atoms with Crippen molar-refractivity contribution >= 4 is 11.5 Å². The molecule has 1 aromatic carbocycles. The predicted molar refractivity (Wildman–Crippen MR) is 99.8 cm³/mol. The average Bonchev–Trinajstić information content (AvgIpc) is 2.64. The highest BCUT2D eigenvalue weighted by Crippen LogP contribution is 2.35. The average molecular weight is 342 g/mol. The maximum atomic E-state index is 11.4. The molecule has 1 aromatic rings. The summed E-state index contributed by atoms with van der Waals surface area (Å²) in [6, 6.07) is 5.90. The van der Waals surface area contributed by atoms with Gasteiger partial charge in [-0.1, -0.05) is 29.9 Å². The third-order valence-corrected chi connectivity index (χ3v) is 4.23. The number of benzene rings is 1. The molecular formula is C21H26O4. The maximum absolute atomic E-state index is 11.4. The highest BCUT2D eigenvalue weighted by molar-refractivity contribution is 5.83. The van der Waals surface area contributed by atoms with E-state index in [1.807, 2.05) is 18.2 Å². The van der Waals surface area contributed by atoms with Crippen LogP contribution >= 0.6 is 0 Å². The lowest BCUT2D eigenvalue weighted by molar-refractivity contribution is -0.140. The Morgan fingerprint density at radius 2 is 1.92 bits per heavy atom.